The van der Waals surface area contributed by atoms with Crippen LogP contribution in [0.4, 0.5) is 9.93 Å². The minimum Gasteiger partial charge on any atom is -0.497 e. The van der Waals surface area contributed by atoms with Crippen LogP contribution in [0, 0.1) is 11.3 Å². The lowest BCUT2D eigenvalue weighted by molar-refractivity contribution is -0.142. The van der Waals surface area contributed by atoms with Gasteiger partial charge in [0.15, 0.2) is 5.13 Å². The van der Waals surface area contributed by atoms with E-state index in [9.17, 15) is 33.5 Å². The van der Waals surface area contributed by atoms with E-state index in [4.69, 9.17) is 19.2 Å². The average molecular weight is 799 g/mol. The first kappa shape index (κ1) is 40.1. The van der Waals surface area contributed by atoms with Crippen molar-refractivity contribution in [2.24, 2.45) is 11.3 Å². The number of hydrogen-bond donors (Lipinski definition) is 5. The largest absolute Gasteiger partial charge is 0.497 e. The predicted octanol–water partition coefficient (Wildman–Crippen LogP) is 4.95. The van der Waals surface area contributed by atoms with Gasteiger partial charge >= 0.3 is 13.7 Å². The second kappa shape index (κ2) is 15.5. The molecule has 2 aliphatic carbocycles. The zero-order valence-corrected chi connectivity index (χ0v) is 33.1. The summed E-state index contributed by atoms with van der Waals surface area (Å²) in [6, 6.07) is 4.57. The van der Waals surface area contributed by atoms with E-state index in [2.05, 4.69) is 27.5 Å². The number of rotatable bonds is 12. The number of likely N-dealkylation sites (tertiary alicyclic amines) is 1. The number of alkyl carbamates (subject to hydrolysis) is 1. The molecule has 4 amide bonds. The number of anilines is 1. The van der Waals surface area contributed by atoms with Crippen molar-refractivity contribution in [3.63, 3.8) is 0 Å². The number of carbonyl (C=O) groups is 4. The Balaban J connectivity index is 1.34. The summed E-state index contributed by atoms with van der Waals surface area (Å²) < 4.78 is 30.3. The Morgan fingerprint density at radius 2 is 1.84 bits per heavy atom. The van der Waals surface area contributed by atoms with Crippen LogP contribution < -0.4 is 25.4 Å². The van der Waals surface area contributed by atoms with Crippen molar-refractivity contribution >= 4 is 58.8 Å². The highest BCUT2D eigenvalue weighted by Crippen LogP contribution is 2.67. The second-order valence-electron chi connectivity index (χ2n) is 15.3. The van der Waals surface area contributed by atoms with Crippen molar-refractivity contribution < 1.29 is 47.7 Å². The van der Waals surface area contributed by atoms with Crippen LogP contribution in [-0.4, -0.2) is 91.7 Å². The van der Waals surface area contributed by atoms with Crippen molar-refractivity contribution in [3.8, 4) is 22.9 Å². The van der Waals surface area contributed by atoms with Crippen molar-refractivity contribution in [3.05, 3.63) is 42.3 Å². The lowest BCUT2D eigenvalue weighted by atomic mass is 9.85. The van der Waals surface area contributed by atoms with Gasteiger partial charge in [0.05, 0.1) is 24.9 Å². The molecule has 5 N–H and O–H groups in total. The minimum absolute atomic E-state index is 0.0121. The molecule has 18 heteroatoms. The van der Waals surface area contributed by atoms with E-state index < -0.39 is 60.3 Å². The number of nitrogens with one attached hydrogen (secondary N) is 3. The molecule has 16 nitrogen and oxygen atoms in total. The predicted molar refractivity (Wildman–Crippen MR) is 205 cm³/mol. The highest BCUT2D eigenvalue weighted by molar-refractivity contribution is 7.54. The quantitative estimate of drug-likeness (QED) is 0.121. The van der Waals surface area contributed by atoms with Gasteiger partial charge in [0.25, 0.3) is 0 Å². The van der Waals surface area contributed by atoms with Crippen molar-refractivity contribution in [1.82, 2.24) is 25.5 Å². The summed E-state index contributed by atoms with van der Waals surface area (Å²) >= 11 is 1.22. The Bertz CT molecular complexity index is 2040. The SMILES string of the molecule is C=C[C@@H]1C[C@]1(NC(=O)[C@@H]1C[C@@H](Oc2cc(-c3csc(NC(C)=O)n3)nc3cc(OC)ccc23)CN1C(=O)[C@@H](NC(=O)OC1CCCC1)C(C)(C)C)P(=O)(O)O. The van der Waals surface area contributed by atoms with Crippen LogP contribution in [0.15, 0.2) is 42.3 Å². The number of pyridine rings is 1. The van der Waals surface area contributed by atoms with Crippen LogP contribution in [0.5, 0.6) is 11.5 Å². The Morgan fingerprint density at radius 1 is 1.11 bits per heavy atom. The number of thiazole rings is 1. The first-order valence-electron chi connectivity index (χ1n) is 18.1. The number of nitrogens with zero attached hydrogens (tertiary/aromatic N) is 3. The van der Waals surface area contributed by atoms with Crippen LogP contribution >= 0.6 is 18.9 Å². The maximum atomic E-state index is 14.6. The number of aromatic nitrogens is 2. The van der Waals surface area contributed by atoms with E-state index >= 15 is 0 Å². The first-order valence-corrected chi connectivity index (χ1v) is 20.6. The summed E-state index contributed by atoms with van der Waals surface area (Å²) in [5, 5.41) is 8.87. The highest BCUT2D eigenvalue weighted by atomic mass is 32.1. The van der Waals surface area contributed by atoms with Gasteiger partial charge in [-0.25, -0.2) is 14.8 Å². The number of fused-ring (bicyclic) bond motifs is 1. The molecule has 296 valence electrons. The molecule has 0 radical (unpaired) electrons. The van der Waals surface area contributed by atoms with Gasteiger partial charge in [0.2, 0.25) is 17.7 Å². The van der Waals surface area contributed by atoms with Gasteiger partial charge in [-0.15, -0.1) is 17.9 Å². The van der Waals surface area contributed by atoms with E-state index in [0.717, 1.165) is 25.7 Å². The number of benzene rings is 1. The van der Waals surface area contributed by atoms with Gasteiger partial charge in [0.1, 0.15) is 46.8 Å². The zero-order chi connectivity index (χ0) is 39.9. The summed E-state index contributed by atoms with van der Waals surface area (Å²) in [6.45, 7) is 10.3. The van der Waals surface area contributed by atoms with E-state index in [1.165, 1.54) is 36.3 Å². The van der Waals surface area contributed by atoms with Crippen LogP contribution in [-0.2, 0) is 23.7 Å². The molecular formula is C37H47N6O10PS. The molecule has 0 spiro atoms. The smallest absolute Gasteiger partial charge is 0.408 e. The van der Waals surface area contributed by atoms with E-state index in [0.29, 0.717) is 38.9 Å². The third-order valence-electron chi connectivity index (χ3n) is 10.3. The maximum Gasteiger partial charge on any atom is 0.408 e. The molecule has 0 bridgehead atoms. The Kier molecular flexibility index (Phi) is 11.3. The molecular weight excluding hydrogens is 751 g/mol. The Hall–Kier alpha value is -4.57. The van der Waals surface area contributed by atoms with E-state index in [-0.39, 0.29) is 31.4 Å². The van der Waals surface area contributed by atoms with Crippen LogP contribution in [0.1, 0.15) is 66.2 Å². The molecule has 3 aliphatic rings. The summed E-state index contributed by atoms with van der Waals surface area (Å²) in [5.74, 6) is -1.39. The number of methoxy groups -OCH3 is 1. The van der Waals surface area contributed by atoms with Gasteiger partial charge in [0, 0.05) is 42.2 Å². The first-order chi connectivity index (χ1) is 25.9. The molecule has 0 unspecified atom stereocenters. The molecule has 1 saturated heterocycles. The van der Waals surface area contributed by atoms with Crippen LogP contribution in [0.25, 0.3) is 22.3 Å². The lowest BCUT2D eigenvalue weighted by Gasteiger charge is -2.35. The van der Waals surface area contributed by atoms with Crippen molar-refractivity contribution in [1.29, 1.82) is 0 Å². The minimum atomic E-state index is -4.85. The molecule has 3 heterocycles. The van der Waals surface area contributed by atoms with E-state index in [1.54, 1.807) is 50.4 Å². The molecule has 1 aliphatic heterocycles. The van der Waals surface area contributed by atoms with Crippen molar-refractivity contribution in [2.45, 2.75) is 95.8 Å². The van der Waals surface area contributed by atoms with Gasteiger partial charge in [-0.3, -0.25) is 18.9 Å². The molecule has 3 aromatic rings. The molecule has 1 aromatic carbocycles. The molecule has 6 rings (SSSR count). The van der Waals surface area contributed by atoms with Crippen LogP contribution in [0.2, 0.25) is 0 Å². The molecule has 55 heavy (non-hydrogen) atoms. The molecule has 2 aromatic heterocycles. The highest BCUT2D eigenvalue weighted by Gasteiger charge is 2.66. The van der Waals surface area contributed by atoms with Crippen LogP contribution in [0.3, 0.4) is 0 Å². The Morgan fingerprint density at radius 3 is 2.45 bits per heavy atom. The van der Waals surface area contributed by atoms with Crippen molar-refractivity contribution in [2.75, 3.05) is 19.0 Å². The number of amides is 4. The normalized spacial score (nSPS) is 23.2. The summed E-state index contributed by atoms with van der Waals surface area (Å²) in [7, 11) is -3.32. The summed E-state index contributed by atoms with van der Waals surface area (Å²) in [6.07, 6.45) is 2.90. The monoisotopic (exact) mass is 798 g/mol. The van der Waals surface area contributed by atoms with Gasteiger partial charge < -0.3 is 44.8 Å². The average Bonchev–Trinajstić information content (AvgIpc) is 3.50. The number of carbonyl (C=O) groups excluding carboxylic acids is 4. The standard InChI is InChI=1S/C37H47N6O10PS/c1-7-21-17-37(21,54(48,49)50)42-32(45)29-15-24(18-43(29)33(46)31(36(3,4)5)41-35(47)53-22-10-8-9-11-22)52-30-16-27(28-19-55-34(40-28)38-20(2)44)39-26-14-23(51-6)12-13-25(26)30/h7,12-14,16,19,21-22,24,29,31H,1,8-11,15,17-18H2,2-6H3,(H,41,47)(H,42,45)(H,38,40,44)(H2,48,49,50)/t21-,24-,29+,31-,37+/m1/s1. The fourth-order valence-electron chi connectivity index (χ4n) is 7.21. The third kappa shape index (κ3) is 8.64. The zero-order valence-electron chi connectivity index (χ0n) is 31.4. The number of ether oxygens (including phenoxy) is 3. The summed E-state index contributed by atoms with van der Waals surface area (Å²) in [4.78, 5) is 84.6. The molecule has 5 atom stereocenters. The van der Waals surface area contributed by atoms with Gasteiger partial charge in [-0.2, -0.15) is 0 Å². The topological polar surface area (TPSA) is 219 Å². The Labute approximate surface area is 322 Å². The summed E-state index contributed by atoms with van der Waals surface area (Å²) in [5.41, 5.74) is 0.569. The third-order valence-corrected chi connectivity index (χ3v) is 12.7. The lowest BCUT2D eigenvalue weighted by Crippen LogP contribution is -2.58. The maximum absolute atomic E-state index is 14.6. The number of hydrogen-bond acceptors (Lipinski definition) is 11. The molecule has 3 fully saturated rings. The molecule has 2 saturated carbocycles. The fraction of sp³-hybridized carbons (Fsp3) is 0.514. The van der Waals surface area contributed by atoms with Gasteiger partial charge in [-0.1, -0.05) is 26.8 Å². The van der Waals surface area contributed by atoms with Gasteiger partial charge in [-0.05, 0) is 49.7 Å². The second-order valence-corrected chi connectivity index (χ2v) is 18.1. The van der Waals surface area contributed by atoms with E-state index in [1.807, 2.05) is 0 Å². The fourth-order valence-corrected chi connectivity index (χ4v) is 9.19.